The topological polar surface area (TPSA) is 66.0 Å². The fourth-order valence-corrected chi connectivity index (χ4v) is 3.91. The van der Waals surface area contributed by atoms with Crippen LogP contribution in [0.2, 0.25) is 0 Å². The fourth-order valence-electron chi connectivity index (χ4n) is 3.91. The van der Waals surface area contributed by atoms with Crippen molar-refractivity contribution in [2.75, 3.05) is 51.3 Å². The Labute approximate surface area is 170 Å². The minimum absolute atomic E-state index is 0.0442. The highest BCUT2D eigenvalue weighted by Crippen LogP contribution is 2.21. The van der Waals surface area contributed by atoms with E-state index in [2.05, 4.69) is 9.88 Å². The zero-order valence-electron chi connectivity index (χ0n) is 16.7. The van der Waals surface area contributed by atoms with E-state index in [-0.39, 0.29) is 11.8 Å². The van der Waals surface area contributed by atoms with Gasteiger partial charge < -0.3 is 19.4 Å². The molecular formula is C22H26N4O3. The molecule has 2 fully saturated rings. The summed E-state index contributed by atoms with van der Waals surface area (Å²) in [5.74, 6) is 0.707. The first-order valence-corrected chi connectivity index (χ1v) is 10.1. The van der Waals surface area contributed by atoms with Gasteiger partial charge in [-0.15, -0.1) is 0 Å². The number of pyridine rings is 1. The molecule has 1 aromatic heterocycles. The highest BCUT2D eigenvalue weighted by molar-refractivity contribution is 5.98. The molecule has 152 valence electrons. The molecule has 7 heteroatoms. The predicted molar refractivity (Wildman–Crippen MR) is 110 cm³/mol. The molecule has 29 heavy (non-hydrogen) atoms. The number of carbonyl (C=O) groups excluding carboxylic acids is 2. The van der Waals surface area contributed by atoms with E-state index in [1.165, 1.54) is 0 Å². The van der Waals surface area contributed by atoms with Gasteiger partial charge in [-0.2, -0.15) is 0 Å². The maximum atomic E-state index is 13.0. The van der Waals surface area contributed by atoms with Crippen LogP contribution in [-0.2, 0) is 0 Å². The van der Waals surface area contributed by atoms with Crippen molar-refractivity contribution >= 4 is 17.5 Å². The van der Waals surface area contributed by atoms with E-state index in [1.807, 2.05) is 34.1 Å². The standard InChI is InChI=1S/C22H26N4O3/c1-29-19-6-4-18(5-7-19)24-12-14-26(15-13-24)21(27)17-8-9-23-20(16-17)22(28)25-10-2-3-11-25/h4-9,16H,2-3,10-15H2,1H3. The van der Waals surface area contributed by atoms with Gasteiger partial charge in [-0.3, -0.25) is 14.6 Å². The Morgan fingerprint density at radius 1 is 0.862 bits per heavy atom. The molecule has 0 spiro atoms. The molecule has 0 radical (unpaired) electrons. The van der Waals surface area contributed by atoms with E-state index in [9.17, 15) is 9.59 Å². The molecular weight excluding hydrogens is 368 g/mol. The van der Waals surface area contributed by atoms with Crippen LogP contribution in [0.3, 0.4) is 0 Å². The molecule has 2 saturated heterocycles. The van der Waals surface area contributed by atoms with Crippen molar-refractivity contribution in [3.8, 4) is 5.75 Å². The second kappa shape index (κ2) is 8.51. The SMILES string of the molecule is COc1ccc(N2CCN(C(=O)c3ccnc(C(=O)N4CCCC4)c3)CC2)cc1. The van der Waals surface area contributed by atoms with Crippen molar-refractivity contribution in [2.24, 2.45) is 0 Å². The number of methoxy groups -OCH3 is 1. The number of ether oxygens (including phenoxy) is 1. The number of hydrogen-bond acceptors (Lipinski definition) is 5. The summed E-state index contributed by atoms with van der Waals surface area (Å²) in [6.45, 7) is 4.36. The zero-order chi connectivity index (χ0) is 20.2. The van der Waals surface area contributed by atoms with Crippen molar-refractivity contribution in [2.45, 2.75) is 12.8 Å². The summed E-state index contributed by atoms with van der Waals surface area (Å²) in [7, 11) is 1.66. The largest absolute Gasteiger partial charge is 0.497 e. The zero-order valence-corrected chi connectivity index (χ0v) is 16.7. The first kappa shape index (κ1) is 19.2. The maximum absolute atomic E-state index is 13.0. The van der Waals surface area contributed by atoms with Gasteiger partial charge in [0.1, 0.15) is 11.4 Å². The van der Waals surface area contributed by atoms with Crippen LogP contribution >= 0.6 is 0 Å². The van der Waals surface area contributed by atoms with Crippen LogP contribution in [0.5, 0.6) is 5.75 Å². The van der Waals surface area contributed by atoms with Crippen molar-refractivity contribution in [1.29, 1.82) is 0 Å². The summed E-state index contributed by atoms with van der Waals surface area (Å²) in [5.41, 5.74) is 2.01. The number of hydrogen-bond donors (Lipinski definition) is 0. The Morgan fingerprint density at radius 2 is 1.52 bits per heavy atom. The third-order valence-corrected chi connectivity index (χ3v) is 5.62. The Morgan fingerprint density at radius 3 is 2.17 bits per heavy atom. The van der Waals surface area contributed by atoms with Gasteiger partial charge in [-0.25, -0.2) is 0 Å². The lowest BCUT2D eigenvalue weighted by Gasteiger charge is -2.36. The molecule has 3 heterocycles. The molecule has 0 N–H and O–H groups in total. The lowest BCUT2D eigenvalue weighted by atomic mass is 10.1. The molecule has 0 bridgehead atoms. The van der Waals surface area contributed by atoms with Gasteiger partial charge in [0.05, 0.1) is 7.11 Å². The average Bonchev–Trinajstić information content (AvgIpc) is 3.33. The number of anilines is 1. The Bertz CT molecular complexity index is 870. The van der Waals surface area contributed by atoms with Crippen LogP contribution in [0.1, 0.15) is 33.7 Å². The molecule has 0 unspecified atom stereocenters. The fraction of sp³-hybridized carbons (Fsp3) is 0.409. The minimum Gasteiger partial charge on any atom is -0.497 e. The summed E-state index contributed by atoms with van der Waals surface area (Å²) in [4.78, 5) is 35.6. The summed E-state index contributed by atoms with van der Waals surface area (Å²) in [6, 6.07) is 11.3. The lowest BCUT2D eigenvalue weighted by molar-refractivity contribution is 0.0746. The van der Waals surface area contributed by atoms with Gasteiger partial charge in [0.25, 0.3) is 11.8 Å². The molecule has 2 amide bonds. The Hall–Kier alpha value is -3.09. The van der Waals surface area contributed by atoms with E-state index in [0.29, 0.717) is 24.3 Å². The third-order valence-electron chi connectivity index (χ3n) is 5.62. The third kappa shape index (κ3) is 4.18. The molecule has 0 atom stereocenters. The first-order valence-electron chi connectivity index (χ1n) is 10.1. The monoisotopic (exact) mass is 394 g/mol. The smallest absolute Gasteiger partial charge is 0.272 e. The number of nitrogens with zero attached hydrogens (tertiary/aromatic N) is 4. The quantitative estimate of drug-likeness (QED) is 0.796. The summed E-state index contributed by atoms with van der Waals surface area (Å²) < 4.78 is 5.21. The van der Waals surface area contributed by atoms with Crippen LogP contribution in [-0.4, -0.2) is 73.0 Å². The van der Waals surface area contributed by atoms with Gasteiger partial charge >= 0.3 is 0 Å². The number of piperazine rings is 1. The predicted octanol–water partition coefficient (Wildman–Crippen LogP) is 2.29. The van der Waals surface area contributed by atoms with Crippen LogP contribution in [0.15, 0.2) is 42.6 Å². The van der Waals surface area contributed by atoms with Crippen LogP contribution in [0.25, 0.3) is 0 Å². The second-order valence-electron chi connectivity index (χ2n) is 7.41. The average molecular weight is 394 g/mol. The maximum Gasteiger partial charge on any atom is 0.272 e. The number of carbonyl (C=O) groups is 2. The van der Waals surface area contributed by atoms with E-state index < -0.39 is 0 Å². The second-order valence-corrected chi connectivity index (χ2v) is 7.41. The van der Waals surface area contributed by atoms with Gasteiger partial charge in [-0.1, -0.05) is 0 Å². The van der Waals surface area contributed by atoms with Gasteiger partial charge in [0.2, 0.25) is 0 Å². The van der Waals surface area contributed by atoms with E-state index in [4.69, 9.17) is 4.74 Å². The number of aromatic nitrogens is 1. The highest BCUT2D eigenvalue weighted by atomic mass is 16.5. The molecule has 7 nitrogen and oxygen atoms in total. The number of amides is 2. The van der Waals surface area contributed by atoms with Gasteiger partial charge in [-0.05, 0) is 49.2 Å². The van der Waals surface area contributed by atoms with E-state index in [0.717, 1.165) is 50.5 Å². The van der Waals surface area contributed by atoms with Gasteiger partial charge in [0, 0.05) is 56.7 Å². The molecule has 0 saturated carbocycles. The number of benzene rings is 1. The summed E-state index contributed by atoms with van der Waals surface area (Å²) >= 11 is 0. The molecule has 2 aliphatic rings. The van der Waals surface area contributed by atoms with E-state index >= 15 is 0 Å². The molecule has 4 rings (SSSR count). The molecule has 1 aromatic carbocycles. The Kier molecular flexibility index (Phi) is 5.64. The van der Waals surface area contributed by atoms with Crippen molar-refractivity contribution in [1.82, 2.24) is 14.8 Å². The van der Waals surface area contributed by atoms with Crippen molar-refractivity contribution < 1.29 is 14.3 Å². The number of rotatable bonds is 4. The molecule has 2 aromatic rings. The Balaban J connectivity index is 1.39. The summed E-state index contributed by atoms with van der Waals surface area (Å²) in [6.07, 6.45) is 3.62. The molecule has 0 aliphatic carbocycles. The summed E-state index contributed by atoms with van der Waals surface area (Å²) in [5, 5.41) is 0. The van der Waals surface area contributed by atoms with E-state index in [1.54, 1.807) is 25.4 Å². The van der Waals surface area contributed by atoms with Crippen molar-refractivity contribution in [3.63, 3.8) is 0 Å². The first-order chi connectivity index (χ1) is 14.2. The van der Waals surface area contributed by atoms with Gasteiger partial charge in [0.15, 0.2) is 0 Å². The van der Waals surface area contributed by atoms with Crippen LogP contribution < -0.4 is 9.64 Å². The number of likely N-dealkylation sites (tertiary alicyclic amines) is 1. The van der Waals surface area contributed by atoms with Crippen molar-refractivity contribution in [3.05, 3.63) is 53.9 Å². The molecule has 2 aliphatic heterocycles. The van der Waals surface area contributed by atoms with Crippen LogP contribution in [0.4, 0.5) is 5.69 Å². The highest BCUT2D eigenvalue weighted by Gasteiger charge is 2.25. The van der Waals surface area contributed by atoms with Crippen LogP contribution in [0, 0.1) is 0 Å². The normalized spacial score (nSPS) is 16.8. The lowest BCUT2D eigenvalue weighted by Crippen LogP contribution is -2.48. The minimum atomic E-state index is -0.0820.